The number of hydrogen-bond donors (Lipinski definition) is 3. The fourth-order valence-electron chi connectivity index (χ4n) is 2.63. The van der Waals surface area contributed by atoms with Crippen LogP contribution in [0, 0.1) is 10.1 Å². The van der Waals surface area contributed by atoms with Crippen LogP contribution in [-0.4, -0.2) is 39.2 Å². The van der Waals surface area contributed by atoms with Crippen LogP contribution in [0.15, 0.2) is 6.33 Å². The van der Waals surface area contributed by atoms with Crippen molar-refractivity contribution in [2.24, 2.45) is 5.84 Å². The fraction of sp³-hybridized carbons (Fsp3) is 0.636. The first-order valence-electron chi connectivity index (χ1n) is 6.36. The van der Waals surface area contributed by atoms with Gasteiger partial charge in [-0.25, -0.2) is 15.8 Å². The number of aliphatic hydroxyl groups is 1. The average Bonchev–Trinajstić information content (AvgIpc) is 2.83. The van der Waals surface area contributed by atoms with Gasteiger partial charge in [-0.2, -0.15) is 0 Å². The molecule has 1 aliphatic rings. The second-order valence-corrected chi connectivity index (χ2v) is 5.08. The van der Waals surface area contributed by atoms with Gasteiger partial charge in [0.1, 0.15) is 6.33 Å². The number of hydrogen-bond acceptors (Lipinski definition) is 8. The molecule has 0 aliphatic heterocycles. The predicted octanol–water partition coefficient (Wildman–Crippen LogP) is 0.412. The molecule has 20 heavy (non-hydrogen) atoms. The summed E-state index contributed by atoms with van der Waals surface area (Å²) in [6.45, 7) is 0.287. The largest absolute Gasteiger partial charge is 0.388 e. The molecule has 2 rings (SSSR count). The van der Waals surface area contributed by atoms with E-state index in [9.17, 15) is 15.2 Å². The van der Waals surface area contributed by atoms with Gasteiger partial charge in [-0.3, -0.25) is 10.1 Å². The van der Waals surface area contributed by atoms with Gasteiger partial charge in [0.15, 0.2) is 0 Å². The topological polar surface area (TPSA) is 130 Å². The minimum atomic E-state index is -0.816. The van der Waals surface area contributed by atoms with Gasteiger partial charge in [-0.15, -0.1) is 0 Å². The Balaban J connectivity index is 2.29. The zero-order valence-corrected chi connectivity index (χ0v) is 11.2. The summed E-state index contributed by atoms with van der Waals surface area (Å²) in [4.78, 5) is 19.8. The summed E-state index contributed by atoms with van der Waals surface area (Å²) < 4.78 is 0. The van der Waals surface area contributed by atoms with Gasteiger partial charge in [-0.1, -0.05) is 12.8 Å². The summed E-state index contributed by atoms with van der Waals surface area (Å²) >= 11 is 0. The lowest BCUT2D eigenvalue weighted by molar-refractivity contribution is -0.383. The zero-order chi connectivity index (χ0) is 14.8. The molecular formula is C11H18N6O3. The van der Waals surface area contributed by atoms with E-state index < -0.39 is 10.5 Å². The quantitative estimate of drug-likeness (QED) is 0.402. The van der Waals surface area contributed by atoms with Crippen LogP contribution in [0.2, 0.25) is 0 Å². The number of anilines is 2. The molecule has 1 aromatic heterocycles. The highest BCUT2D eigenvalue weighted by molar-refractivity contribution is 5.69. The molecule has 0 unspecified atom stereocenters. The first-order valence-corrected chi connectivity index (χ1v) is 6.36. The number of nitrogen functional groups attached to an aromatic ring is 1. The van der Waals surface area contributed by atoms with Gasteiger partial charge in [-0.05, 0) is 12.8 Å². The van der Waals surface area contributed by atoms with Crippen molar-refractivity contribution < 1.29 is 10.0 Å². The number of rotatable bonds is 5. The Labute approximate surface area is 115 Å². The van der Waals surface area contributed by atoms with Crippen molar-refractivity contribution in [1.29, 1.82) is 0 Å². The maximum atomic E-state index is 11.2. The SMILES string of the molecule is CN(CC1(O)CCCC1)c1ncnc(NN)c1[N+](=O)[O-]. The smallest absolute Gasteiger partial charge is 0.354 e. The number of nitrogens with two attached hydrogens (primary N) is 1. The van der Waals surface area contributed by atoms with Crippen molar-refractivity contribution in [3.05, 3.63) is 16.4 Å². The van der Waals surface area contributed by atoms with Crippen molar-refractivity contribution >= 4 is 17.3 Å². The molecule has 9 nitrogen and oxygen atoms in total. The maximum Gasteiger partial charge on any atom is 0.354 e. The molecule has 9 heteroatoms. The van der Waals surface area contributed by atoms with Crippen molar-refractivity contribution in [2.75, 3.05) is 23.9 Å². The Morgan fingerprint density at radius 3 is 2.75 bits per heavy atom. The molecule has 4 N–H and O–H groups in total. The van der Waals surface area contributed by atoms with Crippen molar-refractivity contribution in [3.8, 4) is 0 Å². The van der Waals surface area contributed by atoms with Crippen LogP contribution in [0.4, 0.5) is 17.3 Å². The Hall–Kier alpha value is -2.00. The van der Waals surface area contributed by atoms with E-state index in [4.69, 9.17) is 5.84 Å². The second kappa shape index (κ2) is 5.55. The summed E-state index contributed by atoms with van der Waals surface area (Å²) in [5.74, 6) is 5.32. The first-order chi connectivity index (χ1) is 9.47. The third-order valence-electron chi connectivity index (χ3n) is 3.55. The molecule has 0 saturated heterocycles. The molecule has 0 atom stereocenters. The molecule has 0 radical (unpaired) electrons. The lowest BCUT2D eigenvalue weighted by Gasteiger charge is -2.29. The summed E-state index contributed by atoms with van der Waals surface area (Å²) in [6.07, 6.45) is 4.51. The van der Waals surface area contributed by atoms with Gasteiger partial charge in [0.25, 0.3) is 0 Å². The average molecular weight is 282 g/mol. The van der Waals surface area contributed by atoms with E-state index in [0.29, 0.717) is 12.8 Å². The number of likely N-dealkylation sites (N-methyl/N-ethyl adjacent to an activating group) is 1. The summed E-state index contributed by atoms with van der Waals surface area (Å²) in [6, 6.07) is 0. The molecule has 1 heterocycles. The second-order valence-electron chi connectivity index (χ2n) is 5.08. The lowest BCUT2D eigenvalue weighted by atomic mass is 10.0. The van der Waals surface area contributed by atoms with Crippen LogP contribution in [0.1, 0.15) is 25.7 Å². The standard InChI is InChI=1S/C11H18N6O3/c1-16(6-11(18)4-2-3-5-11)10-8(17(19)20)9(15-12)13-7-14-10/h7,18H,2-6,12H2,1H3,(H,13,14,15). The van der Waals surface area contributed by atoms with Gasteiger partial charge >= 0.3 is 5.69 Å². The van der Waals surface area contributed by atoms with Crippen LogP contribution in [0.25, 0.3) is 0 Å². The third-order valence-corrected chi connectivity index (χ3v) is 3.55. The fourth-order valence-corrected chi connectivity index (χ4v) is 2.63. The van der Waals surface area contributed by atoms with Gasteiger partial charge in [0.05, 0.1) is 10.5 Å². The van der Waals surface area contributed by atoms with E-state index in [0.717, 1.165) is 12.8 Å². The van der Waals surface area contributed by atoms with Crippen LogP contribution in [0.5, 0.6) is 0 Å². The van der Waals surface area contributed by atoms with Crippen LogP contribution in [-0.2, 0) is 0 Å². The van der Waals surface area contributed by atoms with E-state index in [1.54, 1.807) is 11.9 Å². The highest BCUT2D eigenvalue weighted by Crippen LogP contribution is 2.34. The van der Waals surface area contributed by atoms with E-state index >= 15 is 0 Å². The Kier molecular flexibility index (Phi) is 4.00. The minimum Gasteiger partial charge on any atom is -0.388 e. The summed E-state index contributed by atoms with van der Waals surface area (Å²) in [5, 5.41) is 21.5. The summed E-state index contributed by atoms with van der Waals surface area (Å²) in [7, 11) is 1.66. The third kappa shape index (κ3) is 2.78. The van der Waals surface area contributed by atoms with Crippen LogP contribution < -0.4 is 16.2 Å². The predicted molar refractivity (Wildman–Crippen MR) is 73.2 cm³/mol. The number of hydrazine groups is 1. The number of nitrogens with one attached hydrogen (secondary N) is 1. The molecule has 110 valence electrons. The zero-order valence-electron chi connectivity index (χ0n) is 11.2. The molecule has 0 bridgehead atoms. The lowest BCUT2D eigenvalue weighted by Crippen LogP contribution is -2.39. The highest BCUT2D eigenvalue weighted by atomic mass is 16.6. The highest BCUT2D eigenvalue weighted by Gasteiger charge is 2.35. The summed E-state index contributed by atoms with van der Waals surface area (Å²) in [5.41, 5.74) is 1.09. The number of nitro groups is 1. The molecule has 1 aromatic rings. The molecule has 1 fully saturated rings. The van der Waals surface area contributed by atoms with Gasteiger partial charge < -0.3 is 15.4 Å². The molecule has 1 aliphatic carbocycles. The molecular weight excluding hydrogens is 264 g/mol. The molecule has 0 spiro atoms. The Morgan fingerprint density at radius 1 is 1.55 bits per heavy atom. The number of nitrogens with zero attached hydrogens (tertiary/aromatic N) is 4. The van der Waals surface area contributed by atoms with Gasteiger partial charge in [0.2, 0.25) is 11.6 Å². The van der Waals surface area contributed by atoms with E-state index in [-0.39, 0.29) is 23.9 Å². The first kappa shape index (κ1) is 14.4. The Bertz CT molecular complexity index is 503. The normalized spacial score (nSPS) is 16.9. The van der Waals surface area contributed by atoms with Gasteiger partial charge in [0, 0.05) is 13.6 Å². The number of aromatic nitrogens is 2. The van der Waals surface area contributed by atoms with E-state index in [1.807, 2.05) is 0 Å². The monoisotopic (exact) mass is 282 g/mol. The van der Waals surface area contributed by atoms with E-state index in [1.165, 1.54) is 6.33 Å². The van der Waals surface area contributed by atoms with Crippen molar-refractivity contribution in [3.63, 3.8) is 0 Å². The molecule has 1 saturated carbocycles. The molecule has 0 aromatic carbocycles. The van der Waals surface area contributed by atoms with Crippen LogP contribution >= 0.6 is 0 Å². The van der Waals surface area contributed by atoms with E-state index in [2.05, 4.69) is 15.4 Å². The maximum absolute atomic E-state index is 11.2. The van der Waals surface area contributed by atoms with Crippen LogP contribution in [0.3, 0.4) is 0 Å². The van der Waals surface area contributed by atoms with Crippen molar-refractivity contribution in [2.45, 2.75) is 31.3 Å². The molecule has 0 amide bonds. The van der Waals surface area contributed by atoms with Crippen molar-refractivity contribution in [1.82, 2.24) is 9.97 Å². The Morgan fingerprint density at radius 2 is 2.20 bits per heavy atom. The minimum absolute atomic E-state index is 0.0507.